The smallest absolute Gasteiger partial charge is 0.276 e. The second-order valence-corrected chi connectivity index (χ2v) is 12.2. The lowest BCUT2D eigenvalue weighted by Crippen LogP contribution is -2.47. The second kappa shape index (κ2) is 9.59. The van der Waals surface area contributed by atoms with E-state index in [1.54, 1.807) is 12.1 Å². The standard InChI is InChI=1S/C27H36N6O2S/c1-17-11-13-18(14-12-17)24(34)29-26-28-23-22(36-26)21(30-33(23)27(2,3)4)25(35)32-15-7-10-20(32)16-31(5)19-8-6-9-19/h11-14,19-20H,6-10,15-16H2,1-5H3,(H,28,29,34)/t20-/m0/s1. The zero-order valence-electron chi connectivity index (χ0n) is 21.9. The molecule has 1 saturated heterocycles. The fourth-order valence-corrected chi connectivity index (χ4v) is 5.99. The van der Waals surface area contributed by atoms with Crippen LogP contribution in [-0.2, 0) is 5.54 Å². The molecule has 0 bridgehead atoms. The predicted octanol–water partition coefficient (Wildman–Crippen LogP) is 4.90. The van der Waals surface area contributed by atoms with Crippen LogP contribution in [0.25, 0.3) is 10.3 Å². The normalized spacial score (nSPS) is 18.7. The molecule has 2 aliphatic rings. The summed E-state index contributed by atoms with van der Waals surface area (Å²) in [5, 5.41) is 8.17. The first-order chi connectivity index (χ1) is 17.1. The summed E-state index contributed by atoms with van der Waals surface area (Å²) in [5.74, 6) is -0.249. The number of carbonyl (C=O) groups is 2. The lowest BCUT2D eigenvalue weighted by molar-refractivity contribution is 0.0655. The number of hydrogen-bond acceptors (Lipinski definition) is 6. The molecule has 1 aromatic carbocycles. The summed E-state index contributed by atoms with van der Waals surface area (Å²) in [4.78, 5) is 35.8. The number of nitrogens with zero attached hydrogens (tertiary/aromatic N) is 5. The van der Waals surface area contributed by atoms with Gasteiger partial charge in [-0.2, -0.15) is 10.1 Å². The summed E-state index contributed by atoms with van der Waals surface area (Å²) in [5.41, 5.74) is 2.38. The molecule has 36 heavy (non-hydrogen) atoms. The molecule has 2 fully saturated rings. The van der Waals surface area contributed by atoms with Crippen molar-refractivity contribution >= 4 is 38.6 Å². The molecular weight excluding hydrogens is 472 g/mol. The number of aromatic nitrogens is 3. The molecule has 1 aliphatic carbocycles. The molecule has 0 unspecified atom stereocenters. The van der Waals surface area contributed by atoms with Gasteiger partial charge in [0.2, 0.25) is 0 Å². The first kappa shape index (κ1) is 24.9. The van der Waals surface area contributed by atoms with E-state index in [4.69, 9.17) is 10.1 Å². The highest BCUT2D eigenvalue weighted by Gasteiger charge is 2.36. The highest BCUT2D eigenvalue weighted by Crippen LogP contribution is 2.34. The predicted molar refractivity (Wildman–Crippen MR) is 144 cm³/mol. The van der Waals surface area contributed by atoms with Crippen molar-refractivity contribution in [2.75, 3.05) is 25.5 Å². The number of thiazole rings is 1. The molecule has 0 radical (unpaired) electrons. The number of rotatable bonds is 6. The van der Waals surface area contributed by atoms with Crippen LogP contribution in [0.2, 0.25) is 0 Å². The maximum absolute atomic E-state index is 13.9. The van der Waals surface area contributed by atoms with E-state index in [9.17, 15) is 9.59 Å². The van der Waals surface area contributed by atoms with Crippen LogP contribution in [0, 0.1) is 6.92 Å². The third-order valence-electron chi connectivity index (χ3n) is 7.43. The number of anilines is 1. The van der Waals surface area contributed by atoms with E-state index in [1.807, 2.05) is 49.4 Å². The maximum Gasteiger partial charge on any atom is 0.276 e. The van der Waals surface area contributed by atoms with E-state index in [0.717, 1.165) is 36.2 Å². The summed E-state index contributed by atoms with van der Waals surface area (Å²) in [6.07, 6.45) is 5.85. The van der Waals surface area contributed by atoms with Crippen LogP contribution in [-0.4, -0.2) is 68.6 Å². The van der Waals surface area contributed by atoms with Gasteiger partial charge in [-0.15, -0.1) is 0 Å². The monoisotopic (exact) mass is 508 g/mol. The molecule has 1 atom stereocenters. The van der Waals surface area contributed by atoms with Gasteiger partial charge in [-0.25, -0.2) is 4.68 Å². The zero-order chi connectivity index (χ0) is 25.6. The van der Waals surface area contributed by atoms with Crippen LogP contribution < -0.4 is 5.32 Å². The average Bonchev–Trinajstić information content (AvgIpc) is 3.47. The van der Waals surface area contributed by atoms with Gasteiger partial charge in [0.15, 0.2) is 16.5 Å². The Morgan fingerprint density at radius 2 is 1.86 bits per heavy atom. The largest absolute Gasteiger partial charge is 0.333 e. The molecule has 3 heterocycles. The van der Waals surface area contributed by atoms with Gasteiger partial charge in [0.1, 0.15) is 4.70 Å². The second-order valence-electron chi connectivity index (χ2n) is 11.2. The number of fused-ring (bicyclic) bond motifs is 1. The van der Waals surface area contributed by atoms with Gasteiger partial charge in [-0.3, -0.25) is 14.9 Å². The Bertz CT molecular complexity index is 1270. The summed E-state index contributed by atoms with van der Waals surface area (Å²) in [6, 6.07) is 8.28. The van der Waals surface area contributed by atoms with E-state index in [0.29, 0.717) is 28.1 Å². The molecule has 5 rings (SSSR count). The Hall–Kier alpha value is -2.78. The van der Waals surface area contributed by atoms with Gasteiger partial charge in [0.25, 0.3) is 11.8 Å². The van der Waals surface area contributed by atoms with Crippen molar-refractivity contribution in [1.29, 1.82) is 0 Å². The summed E-state index contributed by atoms with van der Waals surface area (Å²) in [7, 11) is 2.18. The fraction of sp³-hybridized carbons (Fsp3) is 0.556. The number of likely N-dealkylation sites (N-methyl/N-ethyl adjacent to an activating group) is 1. The lowest BCUT2D eigenvalue weighted by Gasteiger charge is -2.37. The molecule has 9 heteroatoms. The van der Waals surface area contributed by atoms with Crippen molar-refractivity contribution < 1.29 is 9.59 Å². The Balaban J connectivity index is 1.43. The average molecular weight is 509 g/mol. The zero-order valence-corrected chi connectivity index (χ0v) is 22.7. The quantitative estimate of drug-likeness (QED) is 0.512. The number of hydrogen-bond donors (Lipinski definition) is 1. The minimum atomic E-state index is -0.363. The number of benzene rings is 1. The van der Waals surface area contributed by atoms with Crippen LogP contribution in [0.1, 0.15) is 79.3 Å². The number of nitrogens with one attached hydrogen (secondary N) is 1. The highest BCUT2D eigenvalue weighted by molar-refractivity contribution is 7.22. The van der Waals surface area contributed by atoms with E-state index < -0.39 is 0 Å². The summed E-state index contributed by atoms with van der Waals surface area (Å²) in [6.45, 7) is 9.78. The Kier molecular flexibility index (Phi) is 6.63. The molecule has 2 aromatic heterocycles. The van der Waals surface area contributed by atoms with Crippen molar-refractivity contribution in [3.05, 3.63) is 41.1 Å². The highest BCUT2D eigenvalue weighted by atomic mass is 32.1. The third-order valence-corrected chi connectivity index (χ3v) is 8.40. The number of amides is 2. The molecule has 3 aromatic rings. The molecule has 2 amide bonds. The third kappa shape index (κ3) is 4.78. The lowest BCUT2D eigenvalue weighted by atomic mass is 9.91. The van der Waals surface area contributed by atoms with Crippen molar-refractivity contribution in [3.63, 3.8) is 0 Å². The van der Waals surface area contributed by atoms with Crippen molar-refractivity contribution in [2.24, 2.45) is 0 Å². The molecule has 1 saturated carbocycles. The maximum atomic E-state index is 13.9. The van der Waals surface area contributed by atoms with Crippen LogP contribution in [0.5, 0.6) is 0 Å². The summed E-state index contributed by atoms with van der Waals surface area (Å²) >= 11 is 1.32. The Morgan fingerprint density at radius 3 is 2.50 bits per heavy atom. The minimum Gasteiger partial charge on any atom is -0.333 e. The van der Waals surface area contributed by atoms with Crippen LogP contribution in [0.15, 0.2) is 24.3 Å². The SMILES string of the molecule is Cc1ccc(C(=O)Nc2nc3c(s2)c(C(=O)N2CCC[C@H]2CN(C)C2CCC2)nn3C(C)(C)C)cc1. The number of carbonyl (C=O) groups excluding carboxylic acids is 2. The molecule has 192 valence electrons. The number of likely N-dealkylation sites (tertiary alicyclic amines) is 1. The van der Waals surface area contributed by atoms with E-state index >= 15 is 0 Å². The van der Waals surface area contributed by atoms with Gasteiger partial charge in [0.05, 0.1) is 5.54 Å². The molecular formula is C27H36N6O2S. The Morgan fingerprint density at radius 1 is 1.14 bits per heavy atom. The van der Waals surface area contributed by atoms with Crippen molar-refractivity contribution in [2.45, 2.75) is 77.4 Å². The first-order valence-corrected chi connectivity index (χ1v) is 13.7. The van der Waals surface area contributed by atoms with Crippen LogP contribution in [0.3, 0.4) is 0 Å². The topological polar surface area (TPSA) is 83.4 Å². The van der Waals surface area contributed by atoms with Gasteiger partial charge < -0.3 is 9.80 Å². The van der Waals surface area contributed by atoms with E-state index in [-0.39, 0.29) is 23.4 Å². The van der Waals surface area contributed by atoms with Crippen molar-refractivity contribution in [1.82, 2.24) is 24.6 Å². The van der Waals surface area contributed by atoms with Gasteiger partial charge >= 0.3 is 0 Å². The molecule has 1 aliphatic heterocycles. The first-order valence-electron chi connectivity index (χ1n) is 12.9. The van der Waals surface area contributed by atoms with E-state index in [2.05, 4.69) is 17.3 Å². The van der Waals surface area contributed by atoms with Gasteiger partial charge in [0, 0.05) is 30.7 Å². The van der Waals surface area contributed by atoms with Crippen molar-refractivity contribution in [3.8, 4) is 0 Å². The Labute approximate surface area is 216 Å². The molecule has 1 N–H and O–H groups in total. The van der Waals surface area contributed by atoms with Gasteiger partial charge in [-0.1, -0.05) is 35.5 Å². The summed E-state index contributed by atoms with van der Waals surface area (Å²) < 4.78 is 2.55. The number of aryl methyl sites for hydroxylation is 1. The van der Waals surface area contributed by atoms with Crippen LogP contribution >= 0.6 is 11.3 Å². The molecule has 0 spiro atoms. The fourth-order valence-electron chi connectivity index (χ4n) is 5.08. The minimum absolute atomic E-state index is 0.0347. The van der Waals surface area contributed by atoms with Gasteiger partial charge in [-0.05, 0) is 72.6 Å². The van der Waals surface area contributed by atoms with E-state index in [1.165, 1.54) is 30.6 Å². The van der Waals surface area contributed by atoms with Crippen LogP contribution in [0.4, 0.5) is 5.13 Å². The molecule has 8 nitrogen and oxygen atoms in total.